The Labute approximate surface area is 114 Å². The minimum absolute atomic E-state index is 0.0621. The van der Waals surface area contributed by atoms with Gasteiger partial charge >= 0.3 is 0 Å². The number of benzene rings is 1. The Morgan fingerprint density at radius 1 is 1.26 bits per heavy atom. The third-order valence-corrected chi connectivity index (χ3v) is 3.68. The van der Waals surface area contributed by atoms with Gasteiger partial charge in [-0.25, -0.2) is 4.98 Å². The molecule has 0 saturated carbocycles. The minimum Gasteiger partial charge on any atom is -0.392 e. The summed E-state index contributed by atoms with van der Waals surface area (Å²) in [6.45, 7) is 2.00. The lowest BCUT2D eigenvalue weighted by Gasteiger charge is -2.05. The Morgan fingerprint density at radius 2 is 2.05 bits per heavy atom. The first-order valence-electron chi connectivity index (χ1n) is 5.81. The standard InChI is InChI=1S/C13H12N4OS/c1-9-6-12(17-13(16-9)14-8-15-17)19-11-4-2-10(7-18)3-5-11/h2-6,8,18H,7H2,1H3. The maximum atomic E-state index is 9.03. The predicted molar refractivity (Wildman–Crippen MR) is 72.0 cm³/mol. The van der Waals surface area contributed by atoms with Crippen molar-refractivity contribution in [1.82, 2.24) is 19.6 Å². The van der Waals surface area contributed by atoms with Crippen molar-refractivity contribution < 1.29 is 5.11 Å². The molecule has 6 heteroatoms. The highest BCUT2D eigenvalue weighted by atomic mass is 32.2. The molecule has 3 rings (SSSR count). The van der Waals surface area contributed by atoms with E-state index in [0.29, 0.717) is 5.78 Å². The van der Waals surface area contributed by atoms with Gasteiger partial charge in [0.05, 0.1) is 6.61 Å². The van der Waals surface area contributed by atoms with E-state index in [-0.39, 0.29) is 6.61 Å². The molecule has 0 aliphatic heterocycles. The number of fused-ring (bicyclic) bond motifs is 1. The van der Waals surface area contributed by atoms with Crippen LogP contribution in [0.15, 0.2) is 46.6 Å². The van der Waals surface area contributed by atoms with E-state index >= 15 is 0 Å². The molecule has 0 radical (unpaired) electrons. The zero-order valence-corrected chi connectivity index (χ0v) is 11.1. The van der Waals surface area contributed by atoms with E-state index in [2.05, 4.69) is 15.1 Å². The molecule has 0 saturated heterocycles. The molecule has 5 nitrogen and oxygen atoms in total. The predicted octanol–water partition coefficient (Wildman–Crippen LogP) is 2.08. The van der Waals surface area contributed by atoms with Gasteiger partial charge in [0.25, 0.3) is 5.78 Å². The van der Waals surface area contributed by atoms with Crippen molar-refractivity contribution in [3.63, 3.8) is 0 Å². The molecule has 19 heavy (non-hydrogen) atoms. The van der Waals surface area contributed by atoms with Crippen LogP contribution in [-0.2, 0) is 6.61 Å². The zero-order chi connectivity index (χ0) is 13.2. The maximum absolute atomic E-state index is 9.03. The van der Waals surface area contributed by atoms with E-state index in [9.17, 15) is 0 Å². The number of aliphatic hydroxyl groups is 1. The molecule has 0 aliphatic carbocycles. The fourth-order valence-electron chi connectivity index (χ4n) is 1.75. The van der Waals surface area contributed by atoms with E-state index in [4.69, 9.17) is 5.11 Å². The summed E-state index contributed by atoms with van der Waals surface area (Å²) in [5.74, 6) is 0.606. The largest absolute Gasteiger partial charge is 0.392 e. The van der Waals surface area contributed by atoms with Crippen LogP contribution < -0.4 is 0 Å². The smallest absolute Gasteiger partial charge is 0.253 e. The van der Waals surface area contributed by atoms with Crippen molar-refractivity contribution in [2.24, 2.45) is 0 Å². The van der Waals surface area contributed by atoms with Crippen molar-refractivity contribution >= 4 is 17.5 Å². The molecule has 0 aliphatic rings. The summed E-state index contributed by atoms with van der Waals surface area (Å²) in [4.78, 5) is 9.49. The van der Waals surface area contributed by atoms with Crippen molar-refractivity contribution in [2.45, 2.75) is 23.5 Å². The zero-order valence-electron chi connectivity index (χ0n) is 10.3. The normalized spacial score (nSPS) is 11.1. The van der Waals surface area contributed by atoms with Gasteiger partial charge in [-0.05, 0) is 30.7 Å². The molecule has 0 amide bonds. The molecule has 1 aromatic carbocycles. The molecule has 0 spiro atoms. The average Bonchev–Trinajstić information content (AvgIpc) is 2.88. The molecule has 2 aromatic heterocycles. The highest BCUT2D eigenvalue weighted by molar-refractivity contribution is 7.99. The second-order valence-corrected chi connectivity index (χ2v) is 5.21. The molecule has 0 unspecified atom stereocenters. The number of nitrogens with zero attached hydrogens (tertiary/aromatic N) is 4. The molecule has 96 valence electrons. The minimum atomic E-state index is 0.0621. The van der Waals surface area contributed by atoms with Crippen molar-refractivity contribution in [2.75, 3.05) is 0 Å². The fraction of sp³-hybridized carbons (Fsp3) is 0.154. The van der Waals surface area contributed by atoms with Gasteiger partial charge in [-0.1, -0.05) is 23.9 Å². The molecular weight excluding hydrogens is 260 g/mol. The number of hydrogen-bond donors (Lipinski definition) is 1. The highest BCUT2D eigenvalue weighted by Crippen LogP contribution is 2.27. The molecule has 0 atom stereocenters. The van der Waals surface area contributed by atoms with Crippen LogP contribution in [0.25, 0.3) is 5.78 Å². The van der Waals surface area contributed by atoms with Gasteiger partial charge in [0.1, 0.15) is 11.4 Å². The molecule has 1 N–H and O–H groups in total. The Bertz CT molecular complexity index is 708. The van der Waals surface area contributed by atoms with Crippen LogP contribution in [0, 0.1) is 6.92 Å². The topological polar surface area (TPSA) is 63.3 Å². The number of aliphatic hydroxyl groups excluding tert-OH is 1. The van der Waals surface area contributed by atoms with Crippen LogP contribution in [0.3, 0.4) is 0 Å². The quantitative estimate of drug-likeness (QED) is 0.740. The van der Waals surface area contributed by atoms with Crippen LogP contribution in [-0.4, -0.2) is 24.7 Å². The van der Waals surface area contributed by atoms with Crippen LogP contribution in [0.5, 0.6) is 0 Å². The highest BCUT2D eigenvalue weighted by Gasteiger charge is 2.07. The Hall–Kier alpha value is -1.92. The van der Waals surface area contributed by atoms with Gasteiger partial charge in [-0.3, -0.25) is 0 Å². The van der Waals surface area contributed by atoms with E-state index in [1.165, 1.54) is 6.33 Å². The van der Waals surface area contributed by atoms with Crippen LogP contribution >= 0.6 is 11.8 Å². The summed E-state index contributed by atoms with van der Waals surface area (Å²) in [5, 5.41) is 14.2. The summed E-state index contributed by atoms with van der Waals surface area (Å²) < 4.78 is 1.72. The lowest BCUT2D eigenvalue weighted by molar-refractivity contribution is 0.282. The van der Waals surface area contributed by atoms with E-state index in [1.807, 2.05) is 37.3 Å². The Balaban J connectivity index is 1.97. The lowest BCUT2D eigenvalue weighted by atomic mass is 10.2. The van der Waals surface area contributed by atoms with Crippen molar-refractivity contribution in [3.8, 4) is 0 Å². The first-order valence-corrected chi connectivity index (χ1v) is 6.63. The van der Waals surface area contributed by atoms with E-state index in [1.54, 1.807) is 16.3 Å². The molecular formula is C13H12N4OS. The van der Waals surface area contributed by atoms with Crippen LogP contribution in [0.4, 0.5) is 0 Å². The van der Waals surface area contributed by atoms with Gasteiger partial charge in [0.15, 0.2) is 0 Å². The second kappa shape index (κ2) is 4.99. The SMILES string of the molecule is Cc1cc(Sc2ccc(CO)cc2)n2ncnc2n1. The van der Waals surface area contributed by atoms with Crippen LogP contribution in [0.2, 0.25) is 0 Å². The van der Waals surface area contributed by atoms with Gasteiger partial charge in [-0.2, -0.15) is 14.6 Å². The van der Waals surface area contributed by atoms with Gasteiger partial charge in [0, 0.05) is 10.6 Å². The second-order valence-electron chi connectivity index (χ2n) is 4.11. The summed E-state index contributed by atoms with van der Waals surface area (Å²) >= 11 is 1.59. The fourth-order valence-corrected chi connectivity index (χ4v) is 2.71. The Kier molecular flexibility index (Phi) is 3.18. The maximum Gasteiger partial charge on any atom is 0.253 e. The molecule has 2 heterocycles. The molecule has 3 aromatic rings. The third-order valence-electron chi connectivity index (χ3n) is 2.68. The molecule has 0 bridgehead atoms. The van der Waals surface area contributed by atoms with Gasteiger partial charge < -0.3 is 5.11 Å². The Morgan fingerprint density at radius 3 is 2.79 bits per heavy atom. The van der Waals surface area contributed by atoms with Crippen molar-refractivity contribution in [3.05, 3.63) is 47.9 Å². The third kappa shape index (κ3) is 2.45. The lowest BCUT2D eigenvalue weighted by Crippen LogP contribution is -1.97. The first kappa shape index (κ1) is 12.1. The first-order chi connectivity index (χ1) is 9.26. The monoisotopic (exact) mass is 272 g/mol. The number of hydrogen-bond acceptors (Lipinski definition) is 5. The number of rotatable bonds is 3. The summed E-state index contributed by atoms with van der Waals surface area (Å²) in [6, 6.07) is 9.76. The van der Waals surface area contributed by atoms with E-state index < -0.39 is 0 Å². The number of aryl methyl sites for hydroxylation is 1. The van der Waals surface area contributed by atoms with Crippen molar-refractivity contribution in [1.29, 1.82) is 0 Å². The summed E-state index contributed by atoms with van der Waals surface area (Å²) in [6.07, 6.45) is 1.50. The summed E-state index contributed by atoms with van der Waals surface area (Å²) in [7, 11) is 0. The summed E-state index contributed by atoms with van der Waals surface area (Å²) in [5.41, 5.74) is 1.82. The van der Waals surface area contributed by atoms with Crippen LogP contribution in [0.1, 0.15) is 11.3 Å². The van der Waals surface area contributed by atoms with E-state index in [0.717, 1.165) is 21.2 Å². The van der Waals surface area contributed by atoms with Gasteiger partial charge in [0.2, 0.25) is 0 Å². The number of aromatic nitrogens is 4. The average molecular weight is 272 g/mol. The van der Waals surface area contributed by atoms with Gasteiger partial charge in [-0.15, -0.1) is 0 Å². The molecule has 0 fully saturated rings.